The molecule has 0 unspecified atom stereocenters. The van der Waals surface area contributed by atoms with Gasteiger partial charge >= 0.3 is 0 Å². The minimum atomic E-state index is 0.217. The van der Waals surface area contributed by atoms with Gasteiger partial charge in [-0.15, -0.1) is 0 Å². The third-order valence-corrected chi connectivity index (χ3v) is 4.33. The Morgan fingerprint density at radius 2 is 1.00 bits per heavy atom. The Balaban J connectivity index is 3.41. The maximum Gasteiger partial charge on any atom is 0.102 e. The van der Waals surface area contributed by atoms with Crippen molar-refractivity contribution < 1.29 is 14.7 Å². The summed E-state index contributed by atoms with van der Waals surface area (Å²) in [6, 6.07) is 0. The number of likely N-dealkylation sites (N-methyl/N-ethyl adjacent to an activating group) is 1. The van der Waals surface area contributed by atoms with Crippen LogP contribution in [0.15, 0.2) is 0 Å². The highest BCUT2D eigenvalue weighted by molar-refractivity contribution is 4.48. The SMILES string of the molecule is CCCCCCCCCCCC[N+](C)(CCO)CCO. The van der Waals surface area contributed by atoms with Gasteiger partial charge in [0.25, 0.3) is 0 Å². The van der Waals surface area contributed by atoms with Crippen molar-refractivity contribution >= 4 is 0 Å². The molecule has 0 aromatic rings. The lowest BCUT2D eigenvalue weighted by Crippen LogP contribution is -2.48. The molecule has 20 heavy (non-hydrogen) atoms. The zero-order chi connectivity index (χ0) is 15.1. The summed E-state index contributed by atoms with van der Waals surface area (Å²) in [6.45, 7) is 5.30. The first-order valence-electron chi connectivity index (χ1n) is 8.74. The van der Waals surface area contributed by atoms with Crippen molar-refractivity contribution in [1.82, 2.24) is 0 Å². The molecule has 0 fully saturated rings. The molecule has 0 aliphatic rings. The normalized spacial score (nSPS) is 12.0. The topological polar surface area (TPSA) is 40.5 Å². The molecule has 0 aromatic carbocycles. The van der Waals surface area contributed by atoms with Crippen molar-refractivity contribution in [2.24, 2.45) is 0 Å². The summed E-state index contributed by atoms with van der Waals surface area (Å²) in [7, 11) is 2.14. The number of unbranched alkanes of at least 4 members (excludes halogenated alkanes) is 9. The van der Waals surface area contributed by atoms with Crippen LogP contribution in [0.3, 0.4) is 0 Å². The van der Waals surface area contributed by atoms with Gasteiger partial charge in [0.2, 0.25) is 0 Å². The van der Waals surface area contributed by atoms with Crippen LogP contribution < -0.4 is 0 Å². The summed E-state index contributed by atoms with van der Waals surface area (Å²) in [6.07, 6.45) is 13.6. The molecule has 0 aromatic heterocycles. The second-order valence-corrected chi connectivity index (χ2v) is 6.42. The van der Waals surface area contributed by atoms with E-state index >= 15 is 0 Å². The van der Waals surface area contributed by atoms with Crippen LogP contribution in [-0.2, 0) is 0 Å². The first-order valence-corrected chi connectivity index (χ1v) is 8.74. The molecule has 0 spiro atoms. The number of quaternary nitrogens is 1. The van der Waals surface area contributed by atoms with Gasteiger partial charge < -0.3 is 14.7 Å². The second kappa shape index (κ2) is 13.8. The van der Waals surface area contributed by atoms with Crippen molar-refractivity contribution in [1.29, 1.82) is 0 Å². The summed E-state index contributed by atoms with van der Waals surface area (Å²) in [4.78, 5) is 0. The lowest BCUT2D eigenvalue weighted by Gasteiger charge is -2.33. The third-order valence-electron chi connectivity index (χ3n) is 4.33. The molecule has 0 radical (unpaired) electrons. The molecule has 0 saturated carbocycles. The summed E-state index contributed by atoms with van der Waals surface area (Å²) in [5, 5.41) is 18.2. The van der Waals surface area contributed by atoms with Gasteiger partial charge in [-0.05, 0) is 12.8 Å². The monoisotopic (exact) mass is 288 g/mol. The van der Waals surface area contributed by atoms with Crippen LogP contribution in [0.4, 0.5) is 0 Å². The quantitative estimate of drug-likeness (QED) is 0.358. The van der Waals surface area contributed by atoms with Gasteiger partial charge in [-0.3, -0.25) is 0 Å². The standard InChI is InChI=1S/C17H38NO2/c1-3-4-5-6-7-8-9-10-11-12-13-18(2,14-16-19)15-17-20/h19-20H,3-17H2,1-2H3/q+1. The largest absolute Gasteiger partial charge is 0.391 e. The van der Waals surface area contributed by atoms with Crippen molar-refractivity contribution in [3.8, 4) is 0 Å². The molecule has 0 saturated heterocycles. The fourth-order valence-electron chi connectivity index (χ4n) is 2.80. The highest BCUT2D eigenvalue weighted by Crippen LogP contribution is 2.12. The lowest BCUT2D eigenvalue weighted by atomic mass is 10.1. The molecule has 0 heterocycles. The summed E-state index contributed by atoms with van der Waals surface area (Å²) < 4.78 is 0.810. The minimum Gasteiger partial charge on any atom is -0.391 e. The lowest BCUT2D eigenvalue weighted by molar-refractivity contribution is -0.910. The molecule has 0 aliphatic carbocycles. The summed E-state index contributed by atoms with van der Waals surface area (Å²) in [5.74, 6) is 0. The van der Waals surface area contributed by atoms with Gasteiger partial charge in [-0.25, -0.2) is 0 Å². The van der Waals surface area contributed by atoms with E-state index in [-0.39, 0.29) is 13.2 Å². The van der Waals surface area contributed by atoms with Gasteiger partial charge in [0, 0.05) is 0 Å². The maximum atomic E-state index is 9.09. The van der Waals surface area contributed by atoms with Crippen LogP contribution in [0, 0.1) is 0 Å². The molecular formula is C17H38NO2+. The molecule has 0 aliphatic heterocycles. The highest BCUT2D eigenvalue weighted by Gasteiger charge is 2.19. The van der Waals surface area contributed by atoms with E-state index < -0.39 is 0 Å². The molecule has 0 amide bonds. The molecule has 3 heteroatoms. The predicted octanol–water partition coefficient (Wildman–Crippen LogP) is 3.34. The Kier molecular flexibility index (Phi) is 13.8. The first kappa shape index (κ1) is 19.9. The number of nitrogens with zero attached hydrogens (tertiary/aromatic N) is 1. The van der Waals surface area contributed by atoms with Crippen molar-refractivity contribution in [2.45, 2.75) is 71.1 Å². The molecule has 0 rings (SSSR count). The zero-order valence-electron chi connectivity index (χ0n) is 13.9. The Labute approximate surface area is 126 Å². The van der Waals surface area contributed by atoms with E-state index in [1.54, 1.807) is 0 Å². The fourth-order valence-corrected chi connectivity index (χ4v) is 2.80. The molecule has 3 nitrogen and oxygen atoms in total. The molecular weight excluding hydrogens is 250 g/mol. The predicted molar refractivity (Wildman–Crippen MR) is 86.8 cm³/mol. The molecule has 122 valence electrons. The van der Waals surface area contributed by atoms with Crippen LogP contribution in [-0.4, -0.2) is 54.6 Å². The average molecular weight is 288 g/mol. The van der Waals surface area contributed by atoms with E-state index in [9.17, 15) is 0 Å². The summed E-state index contributed by atoms with van der Waals surface area (Å²) >= 11 is 0. The fraction of sp³-hybridized carbons (Fsp3) is 1.00. The maximum absolute atomic E-state index is 9.09. The van der Waals surface area contributed by atoms with Gasteiger partial charge in [-0.2, -0.15) is 0 Å². The van der Waals surface area contributed by atoms with E-state index in [4.69, 9.17) is 10.2 Å². The van der Waals surface area contributed by atoms with Gasteiger partial charge in [-0.1, -0.05) is 58.3 Å². The van der Waals surface area contributed by atoms with Gasteiger partial charge in [0.15, 0.2) is 0 Å². The Morgan fingerprint density at radius 1 is 0.600 bits per heavy atom. The minimum absolute atomic E-state index is 0.217. The Morgan fingerprint density at radius 3 is 1.40 bits per heavy atom. The number of aliphatic hydroxyl groups is 2. The highest BCUT2D eigenvalue weighted by atomic mass is 16.3. The van der Waals surface area contributed by atoms with Crippen LogP contribution in [0.5, 0.6) is 0 Å². The van der Waals surface area contributed by atoms with Crippen LogP contribution in [0.1, 0.15) is 71.1 Å². The molecule has 0 atom stereocenters. The number of hydrogen-bond donors (Lipinski definition) is 2. The number of aliphatic hydroxyl groups excluding tert-OH is 2. The third kappa shape index (κ3) is 11.7. The molecule has 2 N–H and O–H groups in total. The van der Waals surface area contributed by atoms with Crippen molar-refractivity contribution in [2.75, 3.05) is 39.9 Å². The van der Waals surface area contributed by atoms with Crippen molar-refractivity contribution in [3.63, 3.8) is 0 Å². The van der Waals surface area contributed by atoms with E-state index in [1.165, 1.54) is 64.2 Å². The smallest absolute Gasteiger partial charge is 0.102 e. The zero-order valence-corrected chi connectivity index (χ0v) is 13.9. The number of hydrogen-bond acceptors (Lipinski definition) is 2. The van der Waals surface area contributed by atoms with Crippen LogP contribution in [0.25, 0.3) is 0 Å². The first-order chi connectivity index (χ1) is 9.68. The van der Waals surface area contributed by atoms with E-state index in [1.807, 2.05) is 0 Å². The van der Waals surface area contributed by atoms with E-state index in [0.29, 0.717) is 0 Å². The van der Waals surface area contributed by atoms with Crippen LogP contribution >= 0.6 is 0 Å². The molecule has 0 bridgehead atoms. The second-order valence-electron chi connectivity index (χ2n) is 6.42. The van der Waals surface area contributed by atoms with Crippen molar-refractivity contribution in [3.05, 3.63) is 0 Å². The Hall–Kier alpha value is -0.120. The van der Waals surface area contributed by atoms with E-state index in [0.717, 1.165) is 24.1 Å². The average Bonchev–Trinajstić information content (AvgIpc) is 2.41. The summed E-state index contributed by atoms with van der Waals surface area (Å²) in [5.41, 5.74) is 0. The van der Waals surface area contributed by atoms with Gasteiger partial charge in [0.1, 0.15) is 13.1 Å². The van der Waals surface area contributed by atoms with Crippen LogP contribution in [0.2, 0.25) is 0 Å². The van der Waals surface area contributed by atoms with E-state index in [2.05, 4.69) is 14.0 Å². The van der Waals surface area contributed by atoms with Gasteiger partial charge in [0.05, 0.1) is 26.8 Å². The Bertz CT molecular complexity index is 191. The number of rotatable bonds is 15.